The largest absolute Gasteiger partial charge is 0.465 e. The summed E-state index contributed by atoms with van der Waals surface area (Å²) in [5, 5.41) is 9.68. The Labute approximate surface area is 143 Å². The zero-order chi connectivity index (χ0) is 17.7. The van der Waals surface area contributed by atoms with Gasteiger partial charge in [0.1, 0.15) is 0 Å². The van der Waals surface area contributed by atoms with Crippen LogP contribution in [0.3, 0.4) is 0 Å². The number of amides is 1. The fraction of sp³-hybridized carbons (Fsp3) is 0.947. The van der Waals surface area contributed by atoms with Gasteiger partial charge in [0.05, 0.1) is 0 Å². The van der Waals surface area contributed by atoms with Crippen molar-refractivity contribution in [1.29, 1.82) is 0 Å². The van der Waals surface area contributed by atoms with Crippen molar-refractivity contribution in [2.24, 2.45) is 0 Å². The van der Waals surface area contributed by atoms with E-state index in [-0.39, 0.29) is 17.1 Å². The van der Waals surface area contributed by atoms with Crippen LogP contribution < -0.4 is 0 Å². The van der Waals surface area contributed by atoms with Crippen molar-refractivity contribution in [2.45, 2.75) is 103 Å². The average Bonchev–Trinajstić information content (AvgIpc) is 2.42. The van der Waals surface area contributed by atoms with Gasteiger partial charge in [0.2, 0.25) is 0 Å². The van der Waals surface area contributed by atoms with Crippen molar-refractivity contribution in [3.8, 4) is 0 Å². The van der Waals surface area contributed by atoms with E-state index >= 15 is 0 Å². The lowest BCUT2D eigenvalue weighted by molar-refractivity contribution is -0.0427. The first kappa shape index (κ1) is 20.3. The normalized spacial score (nSPS) is 21.3. The van der Waals surface area contributed by atoms with Crippen molar-refractivity contribution in [1.82, 2.24) is 9.80 Å². The van der Waals surface area contributed by atoms with Crippen molar-refractivity contribution >= 4 is 6.09 Å². The van der Waals surface area contributed by atoms with Crippen LogP contribution in [-0.2, 0) is 0 Å². The quantitative estimate of drug-likeness (QED) is 0.640. The Kier molecular flexibility index (Phi) is 7.37. The monoisotopic (exact) mass is 326 g/mol. The van der Waals surface area contributed by atoms with Crippen molar-refractivity contribution in [3.63, 3.8) is 0 Å². The number of nitrogens with zero attached hydrogens (tertiary/aromatic N) is 2. The van der Waals surface area contributed by atoms with E-state index in [1.54, 1.807) is 4.90 Å². The maximum Gasteiger partial charge on any atom is 0.407 e. The number of unbranched alkanes of at least 4 members (excludes halogenated alkanes) is 5. The van der Waals surface area contributed by atoms with Gasteiger partial charge in [0, 0.05) is 23.7 Å². The standard InChI is InChI=1S/C19H38N2O2/c1-7-8-9-10-11-12-13-21(17(22)23)16-14-18(2,3)20(6)19(4,5)15-16/h16H,7-15H2,1-6H3,(H,22,23). The van der Waals surface area contributed by atoms with Crippen LogP contribution in [0.15, 0.2) is 0 Å². The summed E-state index contributed by atoms with van der Waals surface area (Å²) < 4.78 is 0. The summed E-state index contributed by atoms with van der Waals surface area (Å²) >= 11 is 0. The van der Waals surface area contributed by atoms with Gasteiger partial charge in [0.25, 0.3) is 0 Å². The van der Waals surface area contributed by atoms with Gasteiger partial charge in [-0.2, -0.15) is 0 Å². The second-order valence-electron chi connectivity index (χ2n) is 8.49. The molecular formula is C19H38N2O2. The van der Waals surface area contributed by atoms with E-state index in [0.29, 0.717) is 6.54 Å². The number of carbonyl (C=O) groups is 1. The first-order valence-corrected chi connectivity index (χ1v) is 9.35. The van der Waals surface area contributed by atoms with Gasteiger partial charge in [-0.25, -0.2) is 4.79 Å². The number of piperidine rings is 1. The lowest BCUT2D eigenvalue weighted by atomic mass is 9.77. The number of rotatable bonds is 8. The van der Waals surface area contributed by atoms with Crippen molar-refractivity contribution < 1.29 is 9.90 Å². The summed E-state index contributed by atoms with van der Waals surface area (Å²) in [6, 6.07) is 0.129. The Morgan fingerprint density at radius 1 is 1.04 bits per heavy atom. The van der Waals surface area contributed by atoms with E-state index in [1.165, 1.54) is 25.7 Å². The third-order valence-corrected chi connectivity index (χ3v) is 5.73. The predicted octanol–water partition coefficient (Wildman–Crippen LogP) is 4.98. The highest BCUT2D eigenvalue weighted by molar-refractivity contribution is 5.65. The number of likely N-dealkylation sites (tertiary alicyclic amines) is 1. The van der Waals surface area contributed by atoms with E-state index in [2.05, 4.69) is 46.6 Å². The summed E-state index contributed by atoms with van der Waals surface area (Å²) in [6.45, 7) is 11.8. The molecule has 23 heavy (non-hydrogen) atoms. The summed E-state index contributed by atoms with van der Waals surface area (Å²) in [4.78, 5) is 15.9. The van der Waals surface area contributed by atoms with Crippen LogP contribution in [-0.4, -0.2) is 51.7 Å². The Balaban J connectivity index is 2.61. The Morgan fingerprint density at radius 3 is 2.00 bits per heavy atom. The molecule has 0 spiro atoms. The molecule has 0 aliphatic carbocycles. The van der Waals surface area contributed by atoms with Crippen LogP contribution in [0.2, 0.25) is 0 Å². The molecule has 0 unspecified atom stereocenters. The minimum atomic E-state index is -0.750. The molecule has 1 aliphatic heterocycles. The number of hydrogen-bond donors (Lipinski definition) is 1. The topological polar surface area (TPSA) is 43.8 Å². The first-order chi connectivity index (χ1) is 10.6. The van der Waals surface area contributed by atoms with Crippen LogP contribution in [0.4, 0.5) is 4.79 Å². The second-order valence-corrected chi connectivity index (χ2v) is 8.49. The van der Waals surface area contributed by atoms with Gasteiger partial charge < -0.3 is 10.0 Å². The second kappa shape index (κ2) is 8.36. The van der Waals surface area contributed by atoms with Gasteiger partial charge in [-0.3, -0.25) is 4.90 Å². The molecule has 0 atom stereocenters. The van der Waals surface area contributed by atoms with E-state index in [9.17, 15) is 9.90 Å². The molecule has 1 saturated heterocycles. The zero-order valence-corrected chi connectivity index (χ0v) is 16.2. The lowest BCUT2D eigenvalue weighted by Crippen LogP contribution is -2.63. The van der Waals surface area contributed by atoms with Crippen LogP contribution >= 0.6 is 0 Å². The fourth-order valence-electron chi connectivity index (χ4n) is 4.04. The molecule has 4 nitrogen and oxygen atoms in total. The van der Waals surface area contributed by atoms with Gasteiger partial charge in [-0.05, 0) is 54.0 Å². The predicted molar refractivity (Wildman–Crippen MR) is 97.0 cm³/mol. The van der Waals surface area contributed by atoms with Crippen LogP contribution in [0.25, 0.3) is 0 Å². The Bertz CT molecular complexity index is 362. The molecule has 1 N–H and O–H groups in total. The fourth-order valence-corrected chi connectivity index (χ4v) is 4.04. The van der Waals surface area contributed by atoms with E-state index in [1.807, 2.05) is 0 Å². The highest BCUT2D eigenvalue weighted by atomic mass is 16.4. The van der Waals surface area contributed by atoms with Gasteiger partial charge in [-0.15, -0.1) is 0 Å². The van der Waals surface area contributed by atoms with Gasteiger partial charge in [0.15, 0.2) is 0 Å². The molecule has 136 valence electrons. The van der Waals surface area contributed by atoms with Crippen molar-refractivity contribution in [3.05, 3.63) is 0 Å². The lowest BCUT2D eigenvalue weighted by Gasteiger charge is -2.55. The molecule has 0 aromatic rings. The molecule has 0 bridgehead atoms. The highest BCUT2D eigenvalue weighted by Gasteiger charge is 2.45. The van der Waals surface area contributed by atoms with Crippen LogP contribution in [0.1, 0.15) is 86.0 Å². The SMILES string of the molecule is CCCCCCCCN(C(=O)O)C1CC(C)(C)N(C)C(C)(C)C1. The maximum atomic E-state index is 11.8. The van der Waals surface area contributed by atoms with Crippen LogP contribution in [0.5, 0.6) is 0 Å². The summed E-state index contributed by atoms with van der Waals surface area (Å²) in [7, 11) is 2.16. The molecule has 0 radical (unpaired) electrons. The summed E-state index contributed by atoms with van der Waals surface area (Å²) in [5.41, 5.74) is 0.0580. The molecule has 1 rings (SSSR count). The molecule has 0 saturated carbocycles. The first-order valence-electron chi connectivity index (χ1n) is 9.35. The third-order valence-electron chi connectivity index (χ3n) is 5.73. The maximum absolute atomic E-state index is 11.8. The highest BCUT2D eigenvalue weighted by Crippen LogP contribution is 2.39. The van der Waals surface area contributed by atoms with E-state index in [0.717, 1.165) is 25.7 Å². The third kappa shape index (κ3) is 5.66. The van der Waals surface area contributed by atoms with E-state index < -0.39 is 6.09 Å². The molecule has 1 fully saturated rings. The summed E-state index contributed by atoms with van der Waals surface area (Å²) in [6.07, 6.45) is 8.25. The molecule has 1 aliphatic rings. The number of hydrogen-bond acceptors (Lipinski definition) is 2. The zero-order valence-electron chi connectivity index (χ0n) is 16.2. The molecule has 1 heterocycles. The Morgan fingerprint density at radius 2 is 1.52 bits per heavy atom. The molecule has 4 heteroatoms. The van der Waals surface area contributed by atoms with Crippen molar-refractivity contribution in [2.75, 3.05) is 13.6 Å². The molecule has 0 aromatic carbocycles. The van der Waals surface area contributed by atoms with Gasteiger partial charge >= 0.3 is 6.09 Å². The average molecular weight is 327 g/mol. The van der Waals surface area contributed by atoms with E-state index in [4.69, 9.17) is 0 Å². The number of carboxylic acid groups (broad SMARTS) is 1. The summed E-state index contributed by atoms with van der Waals surface area (Å²) in [5.74, 6) is 0. The minimum absolute atomic E-state index is 0.0290. The van der Waals surface area contributed by atoms with Crippen LogP contribution in [0, 0.1) is 0 Å². The smallest absolute Gasteiger partial charge is 0.407 e. The van der Waals surface area contributed by atoms with Gasteiger partial charge in [-0.1, -0.05) is 39.0 Å². The molecular weight excluding hydrogens is 288 g/mol. The Hall–Kier alpha value is -0.770. The minimum Gasteiger partial charge on any atom is -0.465 e. The molecule has 0 aromatic heterocycles. The molecule has 1 amide bonds.